The first-order valence-corrected chi connectivity index (χ1v) is 14.7. The highest BCUT2D eigenvalue weighted by molar-refractivity contribution is 7.89. The van der Waals surface area contributed by atoms with Crippen molar-refractivity contribution in [3.05, 3.63) is 83.9 Å². The molecule has 0 aliphatic carbocycles. The Kier molecular flexibility index (Phi) is 10.9. The molecule has 216 valence electrons. The van der Waals surface area contributed by atoms with Crippen molar-refractivity contribution in [1.29, 1.82) is 0 Å². The highest BCUT2D eigenvalue weighted by Crippen LogP contribution is 2.27. The molecular weight excluding hydrogens is 530 g/mol. The monoisotopic (exact) mass is 569 g/mol. The third-order valence-electron chi connectivity index (χ3n) is 6.47. The Morgan fingerprint density at radius 3 is 2.30 bits per heavy atom. The van der Waals surface area contributed by atoms with E-state index in [1.54, 1.807) is 12.1 Å². The Balaban J connectivity index is 1.78. The number of aryl methyl sites for hydroxylation is 1. The second kappa shape index (κ2) is 14.2. The van der Waals surface area contributed by atoms with Crippen LogP contribution in [0.4, 0.5) is 5.69 Å². The summed E-state index contributed by atoms with van der Waals surface area (Å²) in [5, 5.41) is 24.1. The van der Waals surface area contributed by atoms with Gasteiger partial charge < -0.3 is 26.0 Å². The van der Waals surface area contributed by atoms with E-state index in [2.05, 4.69) is 5.32 Å². The van der Waals surface area contributed by atoms with Gasteiger partial charge in [-0.3, -0.25) is 4.79 Å². The summed E-state index contributed by atoms with van der Waals surface area (Å²) in [5.74, 6) is 0.0495. The molecule has 3 rings (SSSR count). The fraction of sp³-hybridized carbons (Fsp3) is 0.367. The van der Waals surface area contributed by atoms with Gasteiger partial charge in [-0.15, -0.1) is 0 Å². The molecule has 0 saturated carbocycles. The lowest BCUT2D eigenvalue weighted by Crippen LogP contribution is -2.51. The van der Waals surface area contributed by atoms with Crippen molar-refractivity contribution >= 4 is 21.6 Å². The van der Waals surface area contributed by atoms with Crippen LogP contribution in [0, 0.1) is 5.92 Å². The molecule has 3 aromatic rings. The first-order valence-electron chi connectivity index (χ1n) is 13.2. The number of rotatable bonds is 14. The van der Waals surface area contributed by atoms with Crippen molar-refractivity contribution in [2.24, 2.45) is 5.92 Å². The minimum Gasteiger partial charge on any atom is -0.504 e. The van der Waals surface area contributed by atoms with Crippen molar-refractivity contribution < 1.29 is 28.2 Å². The number of sulfonamides is 1. The number of nitrogens with one attached hydrogen (secondary N) is 1. The average Bonchev–Trinajstić information content (AvgIpc) is 2.92. The zero-order chi connectivity index (χ0) is 29.3. The number of phenolic OH excluding ortho intramolecular Hbond substituents is 1. The number of nitrogens with two attached hydrogens (primary N) is 1. The van der Waals surface area contributed by atoms with Crippen LogP contribution in [0.25, 0.3) is 0 Å². The Morgan fingerprint density at radius 2 is 1.68 bits per heavy atom. The topological polar surface area (TPSA) is 142 Å². The van der Waals surface area contributed by atoms with Gasteiger partial charge in [-0.05, 0) is 66.3 Å². The van der Waals surface area contributed by atoms with Crippen molar-refractivity contribution in [3.63, 3.8) is 0 Å². The van der Waals surface area contributed by atoms with E-state index in [1.165, 1.54) is 41.7 Å². The van der Waals surface area contributed by atoms with Crippen molar-refractivity contribution in [2.75, 3.05) is 25.9 Å². The summed E-state index contributed by atoms with van der Waals surface area (Å²) in [4.78, 5) is 13.1. The van der Waals surface area contributed by atoms with E-state index >= 15 is 0 Å². The number of aromatic hydroxyl groups is 1. The zero-order valence-corrected chi connectivity index (χ0v) is 24.0. The molecule has 9 nitrogen and oxygen atoms in total. The van der Waals surface area contributed by atoms with Gasteiger partial charge in [-0.1, -0.05) is 50.2 Å². The smallest absolute Gasteiger partial charge is 0.243 e. The maximum absolute atomic E-state index is 13.5. The molecule has 0 aromatic heterocycles. The highest BCUT2D eigenvalue weighted by atomic mass is 32.2. The molecule has 0 radical (unpaired) electrons. The van der Waals surface area contributed by atoms with E-state index in [9.17, 15) is 23.4 Å². The highest BCUT2D eigenvalue weighted by Gasteiger charge is 2.31. The maximum Gasteiger partial charge on any atom is 0.243 e. The molecule has 40 heavy (non-hydrogen) atoms. The number of ether oxygens (including phenoxy) is 1. The summed E-state index contributed by atoms with van der Waals surface area (Å²) in [6.07, 6.45) is -0.342. The fourth-order valence-electron chi connectivity index (χ4n) is 4.37. The van der Waals surface area contributed by atoms with E-state index in [1.807, 2.05) is 44.2 Å². The van der Waals surface area contributed by atoms with Gasteiger partial charge in [0.25, 0.3) is 0 Å². The molecule has 1 amide bonds. The number of benzene rings is 3. The van der Waals surface area contributed by atoms with Crippen LogP contribution in [0.3, 0.4) is 0 Å². The minimum absolute atomic E-state index is 0.000205. The van der Waals surface area contributed by atoms with E-state index in [0.717, 1.165) is 11.1 Å². The summed E-state index contributed by atoms with van der Waals surface area (Å²) in [6.45, 7) is 3.80. The fourth-order valence-corrected chi connectivity index (χ4v) is 5.99. The van der Waals surface area contributed by atoms with Gasteiger partial charge >= 0.3 is 0 Å². The van der Waals surface area contributed by atoms with Gasteiger partial charge in [0.2, 0.25) is 15.9 Å². The number of anilines is 1. The second-order valence-electron chi connectivity index (χ2n) is 10.2. The molecular formula is C30H39N3O6S. The number of amides is 1. The van der Waals surface area contributed by atoms with E-state index in [4.69, 9.17) is 10.5 Å². The average molecular weight is 570 g/mol. The molecule has 3 aromatic carbocycles. The molecule has 0 fully saturated rings. The predicted molar refractivity (Wildman–Crippen MR) is 156 cm³/mol. The SMILES string of the molecule is COc1cc(CCC(=O)N[C@@H](Cc2ccccc2)[C@H](O)CN(CC(C)C)S(=O)(=O)c2ccc(N)cc2)ccc1O. The van der Waals surface area contributed by atoms with E-state index < -0.39 is 22.2 Å². The van der Waals surface area contributed by atoms with Crippen LogP contribution in [0.15, 0.2) is 77.7 Å². The Morgan fingerprint density at radius 1 is 1.00 bits per heavy atom. The van der Waals surface area contributed by atoms with Gasteiger partial charge in [0.15, 0.2) is 11.5 Å². The normalized spacial score (nSPS) is 13.2. The van der Waals surface area contributed by atoms with E-state index in [0.29, 0.717) is 24.3 Å². The lowest BCUT2D eigenvalue weighted by molar-refractivity contribution is -0.122. The molecule has 0 spiro atoms. The third-order valence-corrected chi connectivity index (χ3v) is 8.32. The molecule has 0 aliphatic heterocycles. The second-order valence-corrected chi connectivity index (χ2v) is 12.2. The summed E-state index contributed by atoms with van der Waals surface area (Å²) in [7, 11) is -2.47. The zero-order valence-electron chi connectivity index (χ0n) is 23.2. The standard InChI is InChI=1S/C30H39N3O6S/c1-21(2)19-33(40(37,38)25-13-11-24(31)12-14-25)20-28(35)26(17-22-7-5-4-6-8-22)32-30(36)16-10-23-9-15-27(34)29(18-23)39-3/h4-9,11-15,18,21,26,28,34-35H,10,16-17,19-20,31H2,1-3H3,(H,32,36)/t26-,28+/m0/s1. The Labute approximate surface area is 236 Å². The van der Waals surface area contributed by atoms with Crippen molar-refractivity contribution in [2.45, 2.75) is 50.2 Å². The van der Waals surface area contributed by atoms with E-state index in [-0.39, 0.29) is 42.0 Å². The molecule has 0 aliphatic rings. The first kappa shape index (κ1) is 30.9. The van der Waals surface area contributed by atoms with Crippen LogP contribution in [0.5, 0.6) is 11.5 Å². The lowest BCUT2D eigenvalue weighted by atomic mass is 10.00. The summed E-state index contributed by atoms with van der Waals surface area (Å²) >= 11 is 0. The van der Waals surface area contributed by atoms with Crippen LogP contribution < -0.4 is 15.8 Å². The molecule has 0 unspecified atom stereocenters. The number of aliphatic hydroxyl groups excluding tert-OH is 1. The van der Waals surface area contributed by atoms with Crippen LogP contribution in [0.2, 0.25) is 0 Å². The number of phenols is 1. The van der Waals surface area contributed by atoms with Crippen LogP contribution in [-0.4, -0.2) is 61.2 Å². The van der Waals surface area contributed by atoms with Gasteiger partial charge in [0, 0.05) is 25.2 Å². The van der Waals surface area contributed by atoms with Crippen LogP contribution >= 0.6 is 0 Å². The first-order chi connectivity index (χ1) is 19.0. The number of methoxy groups -OCH3 is 1. The summed E-state index contributed by atoms with van der Waals surface area (Å²) < 4.78 is 33.4. The number of hydrogen-bond donors (Lipinski definition) is 4. The minimum atomic E-state index is -3.93. The number of hydrogen-bond acceptors (Lipinski definition) is 7. The molecule has 0 bridgehead atoms. The largest absolute Gasteiger partial charge is 0.504 e. The van der Waals surface area contributed by atoms with Gasteiger partial charge in [-0.25, -0.2) is 8.42 Å². The molecule has 0 heterocycles. The summed E-state index contributed by atoms with van der Waals surface area (Å²) in [6, 6.07) is 19.5. The molecule has 10 heteroatoms. The third kappa shape index (κ3) is 8.70. The van der Waals surface area contributed by atoms with Crippen molar-refractivity contribution in [1.82, 2.24) is 9.62 Å². The Hall–Kier alpha value is -3.60. The number of nitrogens with zero attached hydrogens (tertiary/aromatic N) is 1. The maximum atomic E-state index is 13.5. The van der Waals surface area contributed by atoms with Crippen LogP contribution in [-0.2, 0) is 27.7 Å². The van der Waals surface area contributed by atoms with Crippen molar-refractivity contribution in [3.8, 4) is 11.5 Å². The summed E-state index contributed by atoms with van der Waals surface area (Å²) in [5.41, 5.74) is 7.90. The number of nitrogen functional groups attached to an aromatic ring is 1. The van der Waals surface area contributed by atoms with Gasteiger partial charge in [-0.2, -0.15) is 4.31 Å². The lowest BCUT2D eigenvalue weighted by Gasteiger charge is -2.31. The quantitative estimate of drug-likeness (QED) is 0.218. The van der Waals surface area contributed by atoms with Crippen LogP contribution in [0.1, 0.15) is 31.4 Å². The Bertz CT molecular complexity index is 1350. The molecule has 0 saturated heterocycles. The number of carbonyl (C=O) groups is 1. The molecule has 2 atom stereocenters. The number of carbonyl (C=O) groups excluding carboxylic acids is 1. The van der Waals surface area contributed by atoms with Gasteiger partial charge in [0.05, 0.1) is 24.2 Å². The predicted octanol–water partition coefficient (Wildman–Crippen LogP) is 3.35. The van der Waals surface area contributed by atoms with Gasteiger partial charge in [0.1, 0.15) is 0 Å². The molecule has 5 N–H and O–H groups in total. The number of aliphatic hydroxyl groups is 1.